The summed E-state index contributed by atoms with van der Waals surface area (Å²) in [5.41, 5.74) is 2.78. The van der Waals surface area contributed by atoms with Gasteiger partial charge in [0, 0.05) is 33.3 Å². The number of hydrogen-bond acceptors (Lipinski definition) is 3. The van der Waals surface area contributed by atoms with Crippen molar-refractivity contribution in [2.24, 2.45) is 0 Å². The van der Waals surface area contributed by atoms with Gasteiger partial charge in [-0.1, -0.05) is 18.2 Å². The Morgan fingerprint density at radius 2 is 2.15 bits per heavy atom. The van der Waals surface area contributed by atoms with Gasteiger partial charge >= 0.3 is 0 Å². The van der Waals surface area contributed by atoms with E-state index < -0.39 is 0 Å². The molecule has 4 heteroatoms. The smallest absolute Gasteiger partial charge is 0.170 e. The normalized spacial score (nSPS) is 11.1. The Morgan fingerprint density at radius 3 is 2.95 bits per heavy atom. The van der Waals surface area contributed by atoms with Crippen molar-refractivity contribution in [3.63, 3.8) is 0 Å². The molecule has 0 aliphatic heterocycles. The average molecular weight is 284 g/mol. The number of aromatic nitrogens is 2. The first-order valence-corrected chi connectivity index (χ1v) is 7.59. The number of aryl methyl sites for hydroxylation is 2. The van der Waals surface area contributed by atoms with Gasteiger partial charge in [0.25, 0.3) is 0 Å². The van der Waals surface area contributed by atoms with Crippen molar-refractivity contribution in [2.75, 3.05) is 0 Å². The SMILES string of the molecule is CCn1nc(C)cc1CC(=O)c1csc2ccccc12. The molecule has 3 rings (SSSR count). The predicted octanol–water partition coefficient (Wildman–Crippen LogP) is 3.85. The lowest BCUT2D eigenvalue weighted by Crippen LogP contribution is -2.09. The van der Waals surface area contributed by atoms with Crippen LogP contribution in [0.2, 0.25) is 0 Å². The van der Waals surface area contributed by atoms with Crippen molar-refractivity contribution in [3.05, 3.63) is 52.7 Å². The summed E-state index contributed by atoms with van der Waals surface area (Å²) in [5.74, 6) is 0.164. The van der Waals surface area contributed by atoms with Gasteiger partial charge in [0.2, 0.25) is 0 Å². The largest absolute Gasteiger partial charge is 0.294 e. The Labute approximate surface area is 121 Å². The van der Waals surface area contributed by atoms with E-state index in [1.54, 1.807) is 11.3 Å². The van der Waals surface area contributed by atoms with E-state index in [2.05, 4.69) is 11.2 Å². The quantitative estimate of drug-likeness (QED) is 0.682. The monoisotopic (exact) mass is 284 g/mol. The minimum absolute atomic E-state index is 0.164. The molecule has 0 amide bonds. The highest BCUT2D eigenvalue weighted by Crippen LogP contribution is 2.26. The van der Waals surface area contributed by atoms with Gasteiger partial charge in [-0.15, -0.1) is 11.3 Å². The minimum atomic E-state index is 0.164. The fraction of sp³-hybridized carbons (Fsp3) is 0.250. The first-order chi connectivity index (χ1) is 9.69. The molecule has 0 fully saturated rings. The fourth-order valence-electron chi connectivity index (χ4n) is 2.47. The van der Waals surface area contributed by atoms with E-state index in [0.29, 0.717) is 6.42 Å². The number of benzene rings is 1. The molecule has 0 aliphatic carbocycles. The second kappa shape index (κ2) is 5.21. The molecular weight excluding hydrogens is 268 g/mol. The van der Waals surface area contributed by atoms with Crippen LogP contribution in [0.25, 0.3) is 10.1 Å². The predicted molar refractivity (Wildman–Crippen MR) is 82.5 cm³/mol. The molecule has 2 heterocycles. The van der Waals surface area contributed by atoms with Gasteiger partial charge in [-0.3, -0.25) is 9.48 Å². The van der Waals surface area contributed by atoms with E-state index in [9.17, 15) is 4.79 Å². The fourth-order valence-corrected chi connectivity index (χ4v) is 3.43. The molecule has 0 saturated heterocycles. The minimum Gasteiger partial charge on any atom is -0.294 e. The Hall–Kier alpha value is -1.94. The molecule has 3 nitrogen and oxygen atoms in total. The maximum Gasteiger partial charge on any atom is 0.170 e. The molecule has 0 N–H and O–H groups in total. The first-order valence-electron chi connectivity index (χ1n) is 6.71. The van der Waals surface area contributed by atoms with E-state index in [1.807, 2.05) is 48.2 Å². The third kappa shape index (κ3) is 2.27. The van der Waals surface area contributed by atoms with Crippen LogP contribution < -0.4 is 0 Å². The summed E-state index contributed by atoms with van der Waals surface area (Å²) in [5, 5.41) is 7.41. The lowest BCUT2D eigenvalue weighted by Gasteiger charge is -2.03. The molecule has 3 aromatic rings. The maximum atomic E-state index is 12.5. The number of fused-ring (bicyclic) bond motifs is 1. The highest BCUT2D eigenvalue weighted by atomic mass is 32.1. The third-order valence-electron chi connectivity index (χ3n) is 3.41. The molecule has 20 heavy (non-hydrogen) atoms. The number of hydrogen-bond donors (Lipinski definition) is 0. The van der Waals surface area contributed by atoms with Crippen LogP contribution in [0.1, 0.15) is 28.7 Å². The van der Waals surface area contributed by atoms with Crippen LogP contribution in [0, 0.1) is 6.92 Å². The summed E-state index contributed by atoms with van der Waals surface area (Å²) in [7, 11) is 0. The van der Waals surface area contributed by atoms with Crippen molar-refractivity contribution in [3.8, 4) is 0 Å². The standard InChI is InChI=1S/C16H16N2OS/c1-3-18-12(8-11(2)17-18)9-15(19)14-10-20-16-7-5-4-6-13(14)16/h4-8,10H,3,9H2,1-2H3. The molecule has 0 unspecified atom stereocenters. The second-order valence-corrected chi connectivity index (χ2v) is 5.75. The summed E-state index contributed by atoms with van der Waals surface area (Å²) in [4.78, 5) is 12.5. The van der Waals surface area contributed by atoms with Gasteiger partial charge < -0.3 is 0 Å². The summed E-state index contributed by atoms with van der Waals surface area (Å²) in [6.07, 6.45) is 0.412. The number of nitrogens with zero attached hydrogens (tertiary/aromatic N) is 2. The molecule has 0 bridgehead atoms. The van der Waals surface area contributed by atoms with Crippen molar-refractivity contribution in [2.45, 2.75) is 26.8 Å². The van der Waals surface area contributed by atoms with Crippen LogP contribution in [0.15, 0.2) is 35.7 Å². The van der Waals surface area contributed by atoms with E-state index in [1.165, 1.54) is 0 Å². The zero-order chi connectivity index (χ0) is 14.1. The zero-order valence-electron chi connectivity index (χ0n) is 11.6. The van der Waals surface area contributed by atoms with Crippen LogP contribution in [-0.4, -0.2) is 15.6 Å². The van der Waals surface area contributed by atoms with Gasteiger partial charge in [0.1, 0.15) is 0 Å². The molecule has 1 aromatic carbocycles. The average Bonchev–Trinajstić information content (AvgIpc) is 3.02. The van der Waals surface area contributed by atoms with Crippen LogP contribution >= 0.6 is 11.3 Å². The van der Waals surface area contributed by atoms with Gasteiger partial charge in [0.15, 0.2) is 5.78 Å². The summed E-state index contributed by atoms with van der Waals surface area (Å²) < 4.78 is 3.07. The Bertz CT molecular complexity index is 770. The van der Waals surface area contributed by atoms with Crippen LogP contribution in [0.3, 0.4) is 0 Å². The number of Topliss-reactive ketones (excluding diaryl/α,β-unsaturated/α-hetero) is 1. The Morgan fingerprint density at radius 1 is 1.35 bits per heavy atom. The molecular formula is C16H16N2OS. The van der Waals surface area contributed by atoms with Gasteiger partial charge in [-0.25, -0.2) is 0 Å². The van der Waals surface area contributed by atoms with Gasteiger partial charge in [0.05, 0.1) is 12.1 Å². The third-order valence-corrected chi connectivity index (χ3v) is 4.37. The van der Waals surface area contributed by atoms with Crippen molar-refractivity contribution in [1.29, 1.82) is 0 Å². The van der Waals surface area contributed by atoms with Crippen molar-refractivity contribution in [1.82, 2.24) is 9.78 Å². The van der Waals surface area contributed by atoms with Crippen molar-refractivity contribution >= 4 is 27.2 Å². The number of rotatable bonds is 4. The second-order valence-electron chi connectivity index (χ2n) is 4.84. The van der Waals surface area contributed by atoms with Crippen LogP contribution in [0.4, 0.5) is 0 Å². The molecule has 0 spiro atoms. The topological polar surface area (TPSA) is 34.9 Å². The highest BCUT2D eigenvalue weighted by Gasteiger charge is 2.15. The van der Waals surface area contributed by atoms with Gasteiger partial charge in [-0.05, 0) is 26.0 Å². The number of carbonyl (C=O) groups is 1. The number of thiophene rings is 1. The zero-order valence-corrected chi connectivity index (χ0v) is 12.4. The number of ketones is 1. The van der Waals surface area contributed by atoms with Gasteiger partial charge in [-0.2, -0.15) is 5.10 Å². The van der Waals surface area contributed by atoms with Crippen LogP contribution in [-0.2, 0) is 13.0 Å². The van der Waals surface area contributed by atoms with Crippen molar-refractivity contribution < 1.29 is 4.79 Å². The lowest BCUT2D eigenvalue weighted by atomic mass is 10.1. The molecule has 2 aromatic heterocycles. The van der Waals surface area contributed by atoms with E-state index in [0.717, 1.165) is 33.6 Å². The molecule has 0 atom stereocenters. The molecule has 102 valence electrons. The summed E-state index contributed by atoms with van der Waals surface area (Å²) in [6, 6.07) is 10.0. The Kier molecular flexibility index (Phi) is 3.40. The Balaban J connectivity index is 1.93. The van der Waals surface area contributed by atoms with E-state index in [4.69, 9.17) is 0 Å². The molecule has 0 saturated carbocycles. The number of carbonyl (C=O) groups excluding carboxylic acids is 1. The highest BCUT2D eigenvalue weighted by molar-refractivity contribution is 7.17. The summed E-state index contributed by atoms with van der Waals surface area (Å²) in [6.45, 7) is 4.79. The van der Waals surface area contributed by atoms with Crippen LogP contribution in [0.5, 0.6) is 0 Å². The molecule has 0 radical (unpaired) electrons. The molecule has 0 aliphatic rings. The van der Waals surface area contributed by atoms with E-state index in [-0.39, 0.29) is 5.78 Å². The van der Waals surface area contributed by atoms with E-state index >= 15 is 0 Å². The maximum absolute atomic E-state index is 12.5. The first kappa shape index (κ1) is 13.1. The summed E-state index contributed by atoms with van der Waals surface area (Å²) >= 11 is 1.62. The lowest BCUT2D eigenvalue weighted by molar-refractivity contribution is 0.0992.